The zero-order valence-electron chi connectivity index (χ0n) is 11.8. The lowest BCUT2D eigenvalue weighted by Crippen LogP contribution is -2.36. The minimum atomic E-state index is -0.218. The molecule has 0 bridgehead atoms. The van der Waals surface area contributed by atoms with Gasteiger partial charge in [-0.15, -0.1) is 0 Å². The average molecular weight is 336 g/mol. The number of nitrogens with one attached hydrogen (secondary N) is 1. The number of ether oxygens (including phenoxy) is 1. The predicted molar refractivity (Wildman–Crippen MR) is 87.5 cm³/mol. The molecule has 0 radical (unpaired) electrons. The van der Waals surface area contributed by atoms with Crippen LogP contribution in [0.15, 0.2) is 42.5 Å². The highest BCUT2D eigenvalue weighted by Crippen LogP contribution is 2.22. The molecular weight excluding hydrogens is 321 g/mol. The summed E-state index contributed by atoms with van der Waals surface area (Å²) in [6.45, 7) is 1.03. The van der Waals surface area contributed by atoms with Gasteiger partial charge in [-0.1, -0.05) is 47.5 Å². The highest BCUT2D eigenvalue weighted by Gasteiger charge is 2.20. The van der Waals surface area contributed by atoms with Gasteiger partial charge >= 0.3 is 0 Å². The van der Waals surface area contributed by atoms with Crippen LogP contribution in [0.1, 0.15) is 21.5 Å². The van der Waals surface area contributed by atoms with E-state index in [2.05, 4.69) is 17.4 Å². The summed E-state index contributed by atoms with van der Waals surface area (Å²) >= 11 is 11.9. The fraction of sp³-hybridized carbons (Fsp3) is 0.235. The van der Waals surface area contributed by atoms with Gasteiger partial charge in [0, 0.05) is 18.0 Å². The van der Waals surface area contributed by atoms with Crippen LogP contribution in [-0.2, 0) is 17.8 Å². The molecule has 1 atom stereocenters. The molecule has 0 fully saturated rings. The second-order valence-electron chi connectivity index (χ2n) is 5.24. The Kier molecular flexibility index (Phi) is 4.67. The van der Waals surface area contributed by atoms with E-state index in [0.717, 1.165) is 6.42 Å². The number of hydrogen-bond acceptors (Lipinski definition) is 2. The molecule has 2 aromatic carbocycles. The zero-order chi connectivity index (χ0) is 15.5. The van der Waals surface area contributed by atoms with Crippen molar-refractivity contribution in [2.24, 2.45) is 0 Å². The Morgan fingerprint density at radius 1 is 1.18 bits per heavy atom. The maximum absolute atomic E-state index is 12.2. The summed E-state index contributed by atoms with van der Waals surface area (Å²) in [6.07, 6.45) is 0.773. The third kappa shape index (κ3) is 3.43. The van der Waals surface area contributed by atoms with E-state index < -0.39 is 0 Å². The number of fused-ring (bicyclic) bond motifs is 1. The van der Waals surface area contributed by atoms with Gasteiger partial charge in [0.25, 0.3) is 5.91 Å². The van der Waals surface area contributed by atoms with Crippen molar-refractivity contribution in [3.05, 3.63) is 69.2 Å². The van der Waals surface area contributed by atoms with Gasteiger partial charge in [0.2, 0.25) is 0 Å². The lowest BCUT2D eigenvalue weighted by atomic mass is 9.99. The number of carbonyl (C=O) groups excluding carboxylic acids is 1. The summed E-state index contributed by atoms with van der Waals surface area (Å²) in [7, 11) is 0. The van der Waals surface area contributed by atoms with E-state index in [-0.39, 0.29) is 12.0 Å². The Morgan fingerprint density at radius 3 is 2.73 bits per heavy atom. The molecule has 22 heavy (non-hydrogen) atoms. The van der Waals surface area contributed by atoms with E-state index in [9.17, 15) is 4.79 Å². The smallest absolute Gasteiger partial charge is 0.252 e. The molecule has 0 saturated heterocycles. The monoisotopic (exact) mass is 335 g/mol. The van der Waals surface area contributed by atoms with Crippen LogP contribution in [0.25, 0.3) is 0 Å². The van der Waals surface area contributed by atoms with E-state index in [1.165, 1.54) is 11.1 Å². The number of hydrogen-bond donors (Lipinski definition) is 1. The van der Waals surface area contributed by atoms with Gasteiger partial charge in [0.1, 0.15) is 0 Å². The molecule has 1 aliphatic heterocycles. The standard InChI is InChI=1S/C17H15Cl2NO2/c18-13-5-6-15(16(19)8-13)17(21)20-9-14-7-11-3-1-2-4-12(11)10-22-14/h1-6,8,14H,7,9-10H2,(H,20,21). The molecular formula is C17H15Cl2NO2. The molecule has 3 rings (SSSR count). The minimum Gasteiger partial charge on any atom is -0.371 e. The molecule has 2 aromatic rings. The first kappa shape index (κ1) is 15.3. The Balaban J connectivity index is 1.60. The quantitative estimate of drug-likeness (QED) is 0.924. The molecule has 114 valence electrons. The highest BCUT2D eigenvalue weighted by molar-refractivity contribution is 6.36. The fourth-order valence-corrected chi connectivity index (χ4v) is 3.01. The van der Waals surface area contributed by atoms with E-state index in [1.54, 1.807) is 18.2 Å². The number of carbonyl (C=O) groups is 1. The Bertz CT molecular complexity index is 703. The Hall–Kier alpha value is -1.55. The van der Waals surface area contributed by atoms with E-state index >= 15 is 0 Å². The molecule has 3 nitrogen and oxygen atoms in total. The van der Waals surface area contributed by atoms with E-state index in [0.29, 0.717) is 28.8 Å². The third-order valence-corrected chi connectivity index (χ3v) is 4.25. The summed E-state index contributed by atoms with van der Waals surface area (Å²) in [5.74, 6) is -0.218. The molecule has 0 aromatic heterocycles. The van der Waals surface area contributed by atoms with Crippen LogP contribution in [0, 0.1) is 0 Å². The summed E-state index contributed by atoms with van der Waals surface area (Å²) in [5, 5.41) is 3.72. The normalized spacial score (nSPS) is 16.9. The fourth-order valence-electron chi connectivity index (χ4n) is 2.52. The van der Waals surface area contributed by atoms with Crippen molar-refractivity contribution in [2.45, 2.75) is 19.1 Å². The van der Waals surface area contributed by atoms with Gasteiger partial charge in [-0.3, -0.25) is 4.79 Å². The first-order valence-corrected chi connectivity index (χ1v) is 7.80. The molecule has 1 heterocycles. The van der Waals surface area contributed by atoms with Crippen LogP contribution >= 0.6 is 23.2 Å². The van der Waals surface area contributed by atoms with Crippen molar-refractivity contribution in [1.29, 1.82) is 0 Å². The molecule has 1 amide bonds. The van der Waals surface area contributed by atoms with Crippen LogP contribution in [0.5, 0.6) is 0 Å². The molecule has 0 aliphatic carbocycles. The molecule has 1 aliphatic rings. The maximum atomic E-state index is 12.2. The van der Waals surface area contributed by atoms with Crippen LogP contribution < -0.4 is 5.32 Å². The molecule has 0 spiro atoms. The summed E-state index contributed by atoms with van der Waals surface area (Å²) in [6, 6.07) is 13.0. The van der Waals surface area contributed by atoms with Gasteiger partial charge in [-0.25, -0.2) is 0 Å². The van der Waals surface area contributed by atoms with Gasteiger partial charge < -0.3 is 10.1 Å². The summed E-state index contributed by atoms with van der Waals surface area (Å²) < 4.78 is 5.77. The first-order chi connectivity index (χ1) is 10.6. The lowest BCUT2D eigenvalue weighted by Gasteiger charge is -2.25. The van der Waals surface area contributed by atoms with Crippen molar-refractivity contribution < 1.29 is 9.53 Å². The first-order valence-electron chi connectivity index (χ1n) is 7.05. The molecule has 5 heteroatoms. The zero-order valence-corrected chi connectivity index (χ0v) is 13.3. The van der Waals surface area contributed by atoms with E-state index in [1.807, 2.05) is 12.1 Å². The minimum absolute atomic E-state index is 0.0232. The second-order valence-corrected chi connectivity index (χ2v) is 6.08. The van der Waals surface area contributed by atoms with Crippen molar-refractivity contribution in [3.63, 3.8) is 0 Å². The third-order valence-electron chi connectivity index (χ3n) is 3.71. The predicted octanol–water partition coefficient (Wildman–Crippen LogP) is 3.86. The second kappa shape index (κ2) is 6.69. The van der Waals surface area contributed by atoms with Crippen molar-refractivity contribution in [3.8, 4) is 0 Å². The number of rotatable bonds is 3. The van der Waals surface area contributed by atoms with Gasteiger partial charge in [-0.2, -0.15) is 0 Å². The SMILES string of the molecule is O=C(NCC1Cc2ccccc2CO1)c1ccc(Cl)cc1Cl. The number of halogens is 2. The van der Waals surface area contributed by atoms with Crippen molar-refractivity contribution in [1.82, 2.24) is 5.32 Å². The summed E-state index contributed by atoms with van der Waals surface area (Å²) in [5.41, 5.74) is 2.91. The largest absolute Gasteiger partial charge is 0.371 e. The van der Waals surface area contributed by atoms with E-state index in [4.69, 9.17) is 27.9 Å². The van der Waals surface area contributed by atoms with Gasteiger partial charge in [0.05, 0.1) is 23.3 Å². The number of benzene rings is 2. The molecule has 1 N–H and O–H groups in total. The summed E-state index contributed by atoms with van der Waals surface area (Å²) in [4.78, 5) is 12.2. The maximum Gasteiger partial charge on any atom is 0.252 e. The van der Waals surface area contributed by atoms with Gasteiger partial charge in [0.15, 0.2) is 0 Å². The molecule has 1 unspecified atom stereocenters. The average Bonchev–Trinajstić information content (AvgIpc) is 2.52. The van der Waals surface area contributed by atoms with Crippen molar-refractivity contribution in [2.75, 3.05) is 6.54 Å². The number of amides is 1. The molecule has 0 saturated carbocycles. The van der Waals surface area contributed by atoms with Crippen LogP contribution in [0.2, 0.25) is 10.0 Å². The Morgan fingerprint density at radius 2 is 1.95 bits per heavy atom. The lowest BCUT2D eigenvalue weighted by molar-refractivity contribution is 0.0285. The highest BCUT2D eigenvalue weighted by atomic mass is 35.5. The van der Waals surface area contributed by atoms with Gasteiger partial charge in [-0.05, 0) is 29.3 Å². The Labute approximate surface area is 139 Å². The van der Waals surface area contributed by atoms with Crippen molar-refractivity contribution >= 4 is 29.1 Å². The van der Waals surface area contributed by atoms with Crippen LogP contribution in [-0.4, -0.2) is 18.6 Å². The van der Waals surface area contributed by atoms with Crippen LogP contribution in [0.3, 0.4) is 0 Å². The van der Waals surface area contributed by atoms with Crippen LogP contribution in [0.4, 0.5) is 0 Å². The topological polar surface area (TPSA) is 38.3 Å².